The van der Waals surface area contributed by atoms with Crippen LogP contribution in [0.3, 0.4) is 0 Å². The number of furan rings is 1. The smallest absolute Gasteiger partial charge is 0.300 e. The van der Waals surface area contributed by atoms with Crippen LogP contribution in [0.4, 0.5) is 0 Å². The number of carbonyl (C=O) groups is 2. The highest BCUT2D eigenvalue weighted by molar-refractivity contribution is 5.90. The van der Waals surface area contributed by atoms with Gasteiger partial charge in [0.2, 0.25) is 0 Å². The molecule has 6 heteroatoms. The largest absolute Gasteiger partial charge is 0.486 e. The van der Waals surface area contributed by atoms with Crippen LogP contribution in [0.15, 0.2) is 40.8 Å². The molecule has 0 aliphatic carbocycles. The summed E-state index contributed by atoms with van der Waals surface area (Å²) in [6.07, 6.45) is 0.740. The molecule has 0 unspecified atom stereocenters. The van der Waals surface area contributed by atoms with E-state index in [0.717, 1.165) is 6.29 Å². The summed E-state index contributed by atoms with van der Waals surface area (Å²) in [7, 11) is 0. The van der Waals surface area contributed by atoms with Gasteiger partial charge in [-0.15, -0.1) is 0 Å². The second-order valence-corrected chi connectivity index (χ2v) is 3.72. The minimum Gasteiger partial charge on any atom is -0.486 e. The van der Waals surface area contributed by atoms with Crippen molar-refractivity contribution in [1.82, 2.24) is 5.43 Å². The number of hydrogen-bond acceptors (Lipinski definition) is 5. The maximum absolute atomic E-state index is 11.2. The lowest BCUT2D eigenvalue weighted by Gasteiger charge is -2.04. The Morgan fingerprint density at radius 2 is 2.21 bits per heavy atom. The summed E-state index contributed by atoms with van der Waals surface area (Å²) in [5.74, 6) is 5.62. The monoisotopic (exact) mass is 260 g/mol. The zero-order valence-electron chi connectivity index (χ0n) is 9.96. The van der Waals surface area contributed by atoms with Crippen molar-refractivity contribution < 1.29 is 18.7 Å². The van der Waals surface area contributed by atoms with Crippen molar-refractivity contribution in [1.29, 1.82) is 0 Å². The Morgan fingerprint density at radius 1 is 1.37 bits per heavy atom. The van der Waals surface area contributed by atoms with E-state index in [4.69, 9.17) is 15.0 Å². The van der Waals surface area contributed by atoms with Crippen LogP contribution >= 0.6 is 0 Å². The molecule has 6 nitrogen and oxygen atoms in total. The molecule has 0 radical (unpaired) electrons. The molecular formula is C13H12N2O4. The van der Waals surface area contributed by atoms with Crippen molar-refractivity contribution in [3.63, 3.8) is 0 Å². The minimum atomic E-state index is -0.505. The first-order valence-corrected chi connectivity index (χ1v) is 5.50. The highest BCUT2D eigenvalue weighted by atomic mass is 16.5. The first-order chi connectivity index (χ1) is 9.22. The van der Waals surface area contributed by atoms with Crippen molar-refractivity contribution in [2.75, 3.05) is 0 Å². The quantitative estimate of drug-likeness (QED) is 0.365. The molecule has 0 spiro atoms. The Hall–Kier alpha value is -2.60. The van der Waals surface area contributed by atoms with Gasteiger partial charge in [0.1, 0.15) is 24.4 Å². The average molecular weight is 260 g/mol. The predicted molar refractivity (Wildman–Crippen MR) is 66.5 cm³/mol. The summed E-state index contributed by atoms with van der Waals surface area (Å²) >= 11 is 0. The summed E-state index contributed by atoms with van der Waals surface area (Å²) in [4.78, 5) is 21.8. The van der Waals surface area contributed by atoms with E-state index in [1.807, 2.05) is 5.43 Å². The Labute approximate surface area is 109 Å². The lowest BCUT2D eigenvalue weighted by molar-refractivity contribution is 0.0921. The van der Waals surface area contributed by atoms with Gasteiger partial charge in [0.15, 0.2) is 5.76 Å². The van der Waals surface area contributed by atoms with E-state index in [2.05, 4.69) is 0 Å². The van der Waals surface area contributed by atoms with Crippen LogP contribution in [-0.4, -0.2) is 12.2 Å². The van der Waals surface area contributed by atoms with Gasteiger partial charge in [0.05, 0.1) is 0 Å². The zero-order chi connectivity index (χ0) is 13.7. The Morgan fingerprint density at radius 3 is 2.95 bits per heavy atom. The van der Waals surface area contributed by atoms with Crippen LogP contribution in [0.2, 0.25) is 0 Å². The lowest BCUT2D eigenvalue weighted by Crippen LogP contribution is -2.29. The molecule has 0 aliphatic rings. The Balaban J connectivity index is 2.00. The van der Waals surface area contributed by atoms with Crippen molar-refractivity contribution >= 4 is 12.2 Å². The first-order valence-electron chi connectivity index (χ1n) is 5.50. The minimum absolute atomic E-state index is 0.114. The van der Waals surface area contributed by atoms with Crippen LogP contribution in [0.1, 0.15) is 26.7 Å². The lowest BCUT2D eigenvalue weighted by atomic mass is 10.2. The molecule has 0 saturated heterocycles. The second-order valence-electron chi connectivity index (χ2n) is 3.72. The average Bonchev–Trinajstić information content (AvgIpc) is 2.93. The number of nitrogens with one attached hydrogen (secondary N) is 1. The maximum atomic E-state index is 11.2. The second kappa shape index (κ2) is 5.83. The number of hydrogen-bond donors (Lipinski definition) is 2. The maximum Gasteiger partial charge on any atom is 0.300 e. The van der Waals surface area contributed by atoms with Gasteiger partial charge in [-0.3, -0.25) is 15.0 Å². The van der Waals surface area contributed by atoms with Crippen LogP contribution in [-0.2, 0) is 6.61 Å². The number of carbonyl (C=O) groups excluding carboxylic acids is 2. The number of ether oxygens (including phenoxy) is 1. The van der Waals surface area contributed by atoms with Gasteiger partial charge in [-0.05, 0) is 24.3 Å². The fourth-order valence-corrected chi connectivity index (χ4v) is 1.48. The van der Waals surface area contributed by atoms with Crippen LogP contribution < -0.4 is 16.0 Å². The molecule has 98 valence electrons. The van der Waals surface area contributed by atoms with E-state index >= 15 is 0 Å². The summed E-state index contributed by atoms with van der Waals surface area (Å²) in [5.41, 5.74) is 2.50. The van der Waals surface area contributed by atoms with E-state index in [-0.39, 0.29) is 12.4 Å². The molecule has 2 aromatic rings. The molecule has 2 rings (SSSR count). The molecule has 1 aromatic carbocycles. The van der Waals surface area contributed by atoms with Gasteiger partial charge in [0, 0.05) is 5.56 Å². The standard InChI is InChI=1S/C13H12N2O4/c14-15-13(17)12-5-4-11(19-12)8-18-10-3-1-2-9(6-10)7-16/h1-7H,8,14H2,(H,15,17). The van der Waals surface area contributed by atoms with Gasteiger partial charge in [-0.1, -0.05) is 12.1 Å². The van der Waals surface area contributed by atoms with E-state index in [9.17, 15) is 9.59 Å². The van der Waals surface area contributed by atoms with Gasteiger partial charge in [-0.25, -0.2) is 5.84 Å². The third kappa shape index (κ3) is 3.20. The molecule has 1 aromatic heterocycles. The van der Waals surface area contributed by atoms with E-state index < -0.39 is 5.91 Å². The molecule has 0 fully saturated rings. The fraction of sp³-hybridized carbons (Fsp3) is 0.0769. The van der Waals surface area contributed by atoms with Crippen molar-refractivity contribution in [2.24, 2.45) is 5.84 Å². The van der Waals surface area contributed by atoms with Gasteiger partial charge in [-0.2, -0.15) is 0 Å². The number of nitrogens with two attached hydrogens (primary N) is 1. The SMILES string of the molecule is NNC(=O)c1ccc(COc2cccc(C=O)c2)o1. The van der Waals surface area contributed by atoms with Crippen LogP contribution in [0.25, 0.3) is 0 Å². The molecule has 3 N–H and O–H groups in total. The molecule has 0 bridgehead atoms. The topological polar surface area (TPSA) is 94.6 Å². The number of aldehydes is 1. The number of amides is 1. The predicted octanol–water partition coefficient (Wildman–Crippen LogP) is 1.27. The summed E-state index contributed by atoms with van der Waals surface area (Å²) in [6, 6.07) is 9.86. The molecule has 0 atom stereocenters. The summed E-state index contributed by atoms with van der Waals surface area (Å²) < 4.78 is 10.7. The molecule has 1 amide bonds. The number of benzene rings is 1. The highest BCUT2D eigenvalue weighted by Gasteiger charge is 2.09. The molecule has 0 saturated carbocycles. The molecular weight excluding hydrogens is 248 g/mol. The Bertz CT molecular complexity index is 592. The third-order valence-corrected chi connectivity index (χ3v) is 2.39. The number of hydrazine groups is 1. The van der Waals surface area contributed by atoms with Gasteiger partial charge >= 0.3 is 5.91 Å². The van der Waals surface area contributed by atoms with E-state index in [1.54, 1.807) is 30.3 Å². The van der Waals surface area contributed by atoms with Gasteiger partial charge < -0.3 is 9.15 Å². The molecule has 0 aliphatic heterocycles. The summed E-state index contributed by atoms with van der Waals surface area (Å²) in [6.45, 7) is 0.153. The number of rotatable bonds is 5. The first kappa shape index (κ1) is 12.8. The third-order valence-electron chi connectivity index (χ3n) is 2.39. The van der Waals surface area contributed by atoms with Crippen LogP contribution in [0, 0.1) is 0 Å². The zero-order valence-corrected chi connectivity index (χ0v) is 9.96. The molecule has 19 heavy (non-hydrogen) atoms. The fourth-order valence-electron chi connectivity index (χ4n) is 1.48. The van der Waals surface area contributed by atoms with Crippen molar-refractivity contribution in [2.45, 2.75) is 6.61 Å². The van der Waals surface area contributed by atoms with Gasteiger partial charge in [0.25, 0.3) is 0 Å². The van der Waals surface area contributed by atoms with Crippen molar-refractivity contribution in [3.05, 3.63) is 53.5 Å². The summed E-state index contributed by atoms with van der Waals surface area (Å²) in [5, 5.41) is 0. The van der Waals surface area contributed by atoms with Crippen LogP contribution in [0.5, 0.6) is 5.75 Å². The van der Waals surface area contributed by atoms with E-state index in [1.165, 1.54) is 6.07 Å². The van der Waals surface area contributed by atoms with E-state index in [0.29, 0.717) is 17.1 Å². The normalized spacial score (nSPS) is 9.95. The Kier molecular flexibility index (Phi) is 3.94. The van der Waals surface area contributed by atoms with Crippen molar-refractivity contribution in [3.8, 4) is 5.75 Å². The number of nitrogen functional groups attached to an aromatic ring is 1. The highest BCUT2D eigenvalue weighted by Crippen LogP contribution is 2.15. The molecule has 1 heterocycles.